The number of aryl methyl sites for hydroxylation is 1. The Balaban J connectivity index is 1.42. The standard InChI is InChI=1S/C21H27N5O2/c1-15-3-6-17(18(9-15)28-13-16-4-5-16)11-22-19-10-20(24-14-23-19)26-8-7-25(2)21(27)12-26/h3,6,9-10,14,16H,4-5,7-8,11-13H2,1-2H3,(H,22,23,24). The number of anilines is 2. The van der Waals surface area contributed by atoms with Crippen LogP contribution in [0.5, 0.6) is 5.75 Å². The number of benzene rings is 1. The lowest BCUT2D eigenvalue weighted by molar-refractivity contribution is -0.129. The summed E-state index contributed by atoms with van der Waals surface area (Å²) in [6.07, 6.45) is 4.09. The lowest BCUT2D eigenvalue weighted by atomic mass is 10.1. The highest BCUT2D eigenvalue weighted by Gasteiger charge is 2.23. The Kier molecular flexibility index (Phi) is 5.32. The van der Waals surface area contributed by atoms with Gasteiger partial charge in [0.15, 0.2) is 0 Å². The first-order valence-corrected chi connectivity index (χ1v) is 9.85. The van der Waals surface area contributed by atoms with Crippen LogP contribution < -0.4 is 15.0 Å². The SMILES string of the molecule is Cc1ccc(CNc2cc(N3CCN(C)C(=O)C3)ncn2)c(OCC2CC2)c1. The summed E-state index contributed by atoms with van der Waals surface area (Å²) in [7, 11) is 1.83. The van der Waals surface area contributed by atoms with Gasteiger partial charge in [0, 0.05) is 38.3 Å². The van der Waals surface area contributed by atoms with Gasteiger partial charge in [0.05, 0.1) is 13.2 Å². The van der Waals surface area contributed by atoms with Crippen molar-refractivity contribution in [3.8, 4) is 5.75 Å². The maximum absolute atomic E-state index is 12.0. The number of carbonyl (C=O) groups is 1. The van der Waals surface area contributed by atoms with Gasteiger partial charge in [-0.25, -0.2) is 9.97 Å². The van der Waals surface area contributed by atoms with Gasteiger partial charge in [-0.3, -0.25) is 4.79 Å². The van der Waals surface area contributed by atoms with E-state index in [1.165, 1.54) is 18.4 Å². The molecule has 7 nitrogen and oxygen atoms in total. The molecule has 28 heavy (non-hydrogen) atoms. The van der Waals surface area contributed by atoms with Crippen molar-refractivity contribution in [1.29, 1.82) is 0 Å². The van der Waals surface area contributed by atoms with Crippen LogP contribution in [0.4, 0.5) is 11.6 Å². The second-order valence-electron chi connectivity index (χ2n) is 7.72. The molecular formula is C21H27N5O2. The monoisotopic (exact) mass is 381 g/mol. The van der Waals surface area contributed by atoms with Crippen LogP contribution in [0.3, 0.4) is 0 Å². The number of nitrogens with zero attached hydrogens (tertiary/aromatic N) is 4. The molecule has 0 unspecified atom stereocenters. The Morgan fingerprint density at radius 1 is 1.21 bits per heavy atom. The van der Waals surface area contributed by atoms with Crippen molar-refractivity contribution in [2.75, 3.05) is 43.5 Å². The largest absolute Gasteiger partial charge is 0.493 e. The first kappa shape index (κ1) is 18.5. The van der Waals surface area contributed by atoms with Gasteiger partial charge in [-0.1, -0.05) is 12.1 Å². The molecule has 0 atom stereocenters. The molecule has 1 aliphatic heterocycles. The Morgan fingerprint density at radius 2 is 2.07 bits per heavy atom. The molecule has 148 valence electrons. The topological polar surface area (TPSA) is 70.6 Å². The average molecular weight is 381 g/mol. The third-order valence-electron chi connectivity index (χ3n) is 5.29. The third-order valence-corrected chi connectivity index (χ3v) is 5.29. The quantitative estimate of drug-likeness (QED) is 0.795. The van der Waals surface area contributed by atoms with E-state index in [1.54, 1.807) is 11.2 Å². The molecule has 1 amide bonds. The number of piperazine rings is 1. The van der Waals surface area contributed by atoms with E-state index in [2.05, 4.69) is 40.4 Å². The van der Waals surface area contributed by atoms with Crippen molar-refractivity contribution in [2.45, 2.75) is 26.3 Å². The minimum atomic E-state index is 0.108. The molecule has 2 fully saturated rings. The zero-order valence-corrected chi connectivity index (χ0v) is 16.5. The van der Waals surface area contributed by atoms with E-state index in [0.29, 0.717) is 19.6 Å². The molecule has 1 aromatic carbocycles. The molecule has 0 spiro atoms. The minimum Gasteiger partial charge on any atom is -0.493 e. The van der Waals surface area contributed by atoms with Gasteiger partial charge in [-0.05, 0) is 37.3 Å². The molecular weight excluding hydrogens is 354 g/mol. The van der Waals surface area contributed by atoms with Crippen LogP contribution in [0.25, 0.3) is 0 Å². The zero-order valence-electron chi connectivity index (χ0n) is 16.5. The highest BCUT2D eigenvalue weighted by atomic mass is 16.5. The first-order chi connectivity index (χ1) is 13.6. The van der Waals surface area contributed by atoms with Crippen LogP contribution >= 0.6 is 0 Å². The average Bonchev–Trinajstić information content (AvgIpc) is 3.52. The Bertz CT molecular complexity index is 852. The summed E-state index contributed by atoms with van der Waals surface area (Å²) >= 11 is 0. The fourth-order valence-electron chi connectivity index (χ4n) is 3.19. The minimum absolute atomic E-state index is 0.108. The van der Waals surface area contributed by atoms with Crippen LogP contribution in [0.15, 0.2) is 30.6 Å². The molecule has 1 saturated carbocycles. The number of carbonyl (C=O) groups excluding carboxylic acids is 1. The highest BCUT2D eigenvalue weighted by molar-refractivity contribution is 5.82. The normalized spacial score (nSPS) is 17.0. The van der Waals surface area contributed by atoms with Crippen molar-refractivity contribution in [3.05, 3.63) is 41.7 Å². The van der Waals surface area contributed by atoms with Crippen molar-refractivity contribution in [1.82, 2.24) is 14.9 Å². The molecule has 7 heteroatoms. The summed E-state index contributed by atoms with van der Waals surface area (Å²) < 4.78 is 6.05. The molecule has 2 aromatic rings. The molecule has 2 heterocycles. The predicted octanol–water partition coefficient (Wildman–Crippen LogP) is 2.46. The van der Waals surface area contributed by atoms with Gasteiger partial charge < -0.3 is 19.9 Å². The Morgan fingerprint density at radius 3 is 2.86 bits per heavy atom. The number of hydrogen-bond donors (Lipinski definition) is 1. The van der Waals surface area contributed by atoms with E-state index in [4.69, 9.17) is 4.74 Å². The van der Waals surface area contributed by atoms with Crippen LogP contribution in [0, 0.1) is 12.8 Å². The summed E-state index contributed by atoms with van der Waals surface area (Å²) in [5.74, 6) is 3.28. The summed E-state index contributed by atoms with van der Waals surface area (Å²) in [4.78, 5) is 24.4. The van der Waals surface area contributed by atoms with Crippen molar-refractivity contribution in [3.63, 3.8) is 0 Å². The van der Waals surface area contributed by atoms with Crippen molar-refractivity contribution >= 4 is 17.5 Å². The van der Waals surface area contributed by atoms with Gasteiger partial charge in [-0.15, -0.1) is 0 Å². The second kappa shape index (κ2) is 8.04. The van der Waals surface area contributed by atoms with Crippen LogP contribution in [0.2, 0.25) is 0 Å². The summed E-state index contributed by atoms with van der Waals surface area (Å²) in [6, 6.07) is 8.20. The van der Waals surface area contributed by atoms with Gasteiger partial charge in [0.25, 0.3) is 0 Å². The Labute approximate surface area is 165 Å². The molecule has 4 rings (SSSR count). The van der Waals surface area contributed by atoms with E-state index in [1.807, 2.05) is 18.0 Å². The number of likely N-dealkylation sites (N-methyl/N-ethyl adjacent to an activating group) is 1. The van der Waals surface area contributed by atoms with Gasteiger partial charge in [0.2, 0.25) is 5.91 Å². The molecule has 0 bridgehead atoms. The van der Waals surface area contributed by atoms with E-state index in [0.717, 1.165) is 42.0 Å². The van der Waals surface area contributed by atoms with E-state index < -0.39 is 0 Å². The first-order valence-electron chi connectivity index (χ1n) is 9.85. The number of rotatable bonds is 7. The lowest BCUT2D eigenvalue weighted by Crippen LogP contribution is -2.48. The van der Waals surface area contributed by atoms with E-state index in [-0.39, 0.29) is 5.91 Å². The van der Waals surface area contributed by atoms with Crippen LogP contribution in [-0.2, 0) is 11.3 Å². The third kappa shape index (κ3) is 4.52. The molecule has 2 aliphatic rings. The van der Waals surface area contributed by atoms with Gasteiger partial charge in [0.1, 0.15) is 23.7 Å². The smallest absolute Gasteiger partial charge is 0.241 e. The number of ether oxygens (including phenoxy) is 1. The number of nitrogens with one attached hydrogen (secondary N) is 1. The predicted molar refractivity (Wildman–Crippen MR) is 109 cm³/mol. The molecule has 0 radical (unpaired) electrons. The molecule has 1 N–H and O–H groups in total. The van der Waals surface area contributed by atoms with Crippen LogP contribution in [-0.4, -0.2) is 54.1 Å². The van der Waals surface area contributed by atoms with Crippen LogP contribution in [0.1, 0.15) is 24.0 Å². The summed E-state index contributed by atoms with van der Waals surface area (Å²) in [6.45, 7) is 5.33. The van der Waals surface area contributed by atoms with E-state index in [9.17, 15) is 4.79 Å². The summed E-state index contributed by atoms with van der Waals surface area (Å²) in [5.41, 5.74) is 2.31. The summed E-state index contributed by atoms with van der Waals surface area (Å²) in [5, 5.41) is 3.37. The fraction of sp³-hybridized carbons (Fsp3) is 0.476. The number of amides is 1. The van der Waals surface area contributed by atoms with E-state index >= 15 is 0 Å². The second-order valence-corrected chi connectivity index (χ2v) is 7.72. The molecule has 1 aromatic heterocycles. The highest BCUT2D eigenvalue weighted by Crippen LogP contribution is 2.31. The fourth-order valence-corrected chi connectivity index (χ4v) is 3.19. The lowest BCUT2D eigenvalue weighted by Gasteiger charge is -2.32. The van der Waals surface area contributed by atoms with Gasteiger partial charge >= 0.3 is 0 Å². The van der Waals surface area contributed by atoms with Crippen molar-refractivity contribution in [2.24, 2.45) is 5.92 Å². The Hall–Kier alpha value is -2.83. The maximum atomic E-state index is 12.0. The zero-order chi connectivity index (χ0) is 19.5. The number of hydrogen-bond acceptors (Lipinski definition) is 6. The number of aromatic nitrogens is 2. The van der Waals surface area contributed by atoms with Crippen molar-refractivity contribution < 1.29 is 9.53 Å². The maximum Gasteiger partial charge on any atom is 0.241 e. The molecule has 1 saturated heterocycles. The van der Waals surface area contributed by atoms with Gasteiger partial charge in [-0.2, -0.15) is 0 Å². The molecule has 1 aliphatic carbocycles.